The molecule has 1 unspecified atom stereocenters. The number of benzene rings is 1. The van der Waals surface area contributed by atoms with Crippen molar-refractivity contribution in [3.63, 3.8) is 0 Å². The minimum Gasteiger partial charge on any atom is -0.493 e. The number of hydrogen-bond acceptors (Lipinski definition) is 5. The molecule has 0 saturated heterocycles. The summed E-state index contributed by atoms with van der Waals surface area (Å²) in [7, 11) is -1.35. The van der Waals surface area contributed by atoms with Crippen molar-refractivity contribution in [2.24, 2.45) is 4.99 Å². The number of rotatable bonds is 10. The Morgan fingerprint density at radius 3 is 2.52 bits per heavy atom. The fraction of sp³-hybridized carbons (Fsp3) is 0.611. The molecule has 1 aromatic carbocycles. The van der Waals surface area contributed by atoms with Gasteiger partial charge in [-0.25, -0.2) is 13.4 Å². The standard InChI is InChI=1S/C18H31N3O4S.HI/c1-6-19-18(21-14(3)10-11-26(5,22)23)20-13-15-8-9-16(24-4)17(12-15)25-7-2;/h8-9,12,14H,6-7,10-11,13H2,1-5H3,(H2,19,20,21);1H. The van der Waals surface area contributed by atoms with Crippen molar-refractivity contribution in [1.82, 2.24) is 10.6 Å². The van der Waals surface area contributed by atoms with Gasteiger partial charge in [-0.15, -0.1) is 24.0 Å². The second-order valence-electron chi connectivity index (χ2n) is 6.08. The highest BCUT2D eigenvalue weighted by Crippen LogP contribution is 2.28. The molecule has 0 saturated carbocycles. The van der Waals surface area contributed by atoms with Crippen LogP contribution >= 0.6 is 24.0 Å². The molecule has 0 radical (unpaired) electrons. The van der Waals surface area contributed by atoms with Crippen molar-refractivity contribution < 1.29 is 17.9 Å². The first kappa shape index (κ1) is 25.8. The number of sulfone groups is 1. The minimum atomic E-state index is -2.97. The number of halogens is 1. The quantitative estimate of drug-likeness (QED) is 0.284. The fourth-order valence-electron chi connectivity index (χ4n) is 2.27. The Balaban J connectivity index is 0.00000676. The van der Waals surface area contributed by atoms with E-state index in [0.717, 1.165) is 12.1 Å². The van der Waals surface area contributed by atoms with Crippen molar-refractivity contribution in [3.8, 4) is 11.5 Å². The molecule has 0 heterocycles. The number of methoxy groups -OCH3 is 1. The van der Waals surface area contributed by atoms with Crippen LogP contribution in [0.4, 0.5) is 0 Å². The van der Waals surface area contributed by atoms with Gasteiger partial charge < -0.3 is 20.1 Å². The highest BCUT2D eigenvalue weighted by atomic mass is 127. The topological polar surface area (TPSA) is 89.0 Å². The molecule has 0 bridgehead atoms. The maximum atomic E-state index is 11.3. The molecule has 9 heteroatoms. The van der Waals surface area contributed by atoms with E-state index in [1.807, 2.05) is 39.0 Å². The average Bonchev–Trinajstić information content (AvgIpc) is 2.58. The highest BCUT2D eigenvalue weighted by molar-refractivity contribution is 14.0. The third kappa shape index (κ3) is 10.6. The summed E-state index contributed by atoms with van der Waals surface area (Å²) in [6.45, 7) is 7.60. The van der Waals surface area contributed by atoms with Crippen LogP contribution in [0.3, 0.4) is 0 Å². The van der Waals surface area contributed by atoms with Gasteiger partial charge in [0.1, 0.15) is 9.84 Å². The van der Waals surface area contributed by atoms with E-state index in [-0.39, 0.29) is 35.8 Å². The summed E-state index contributed by atoms with van der Waals surface area (Å²) in [5.41, 5.74) is 0.996. The van der Waals surface area contributed by atoms with Gasteiger partial charge in [0.05, 0.1) is 26.0 Å². The molecule has 156 valence electrons. The van der Waals surface area contributed by atoms with Crippen LogP contribution in [0.15, 0.2) is 23.2 Å². The second kappa shape index (κ2) is 13.0. The first-order valence-corrected chi connectivity index (χ1v) is 10.9. The minimum absolute atomic E-state index is 0. The molecule has 0 aliphatic rings. The Morgan fingerprint density at radius 2 is 1.96 bits per heavy atom. The summed E-state index contributed by atoms with van der Waals surface area (Å²) in [5.74, 6) is 2.19. The highest BCUT2D eigenvalue weighted by Gasteiger charge is 2.10. The summed E-state index contributed by atoms with van der Waals surface area (Å²) in [6.07, 6.45) is 1.78. The van der Waals surface area contributed by atoms with Gasteiger partial charge >= 0.3 is 0 Å². The predicted octanol–water partition coefficient (Wildman–Crippen LogP) is 2.59. The Kier molecular flexibility index (Phi) is 12.4. The summed E-state index contributed by atoms with van der Waals surface area (Å²) in [6, 6.07) is 5.73. The zero-order chi connectivity index (χ0) is 19.6. The van der Waals surface area contributed by atoms with Crippen molar-refractivity contribution in [1.29, 1.82) is 0 Å². The molecule has 1 atom stereocenters. The van der Waals surface area contributed by atoms with Crippen LogP contribution in [0.2, 0.25) is 0 Å². The summed E-state index contributed by atoms with van der Waals surface area (Å²) >= 11 is 0. The van der Waals surface area contributed by atoms with Gasteiger partial charge in [-0.2, -0.15) is 0 Å². The van der Waals surface area contributed by atoms with Gasteiger partial charge in [0.15, 0.2) is 17.5 Å². The van der Waals surface area contributed by atoms with E-state index < -0.39 is 9.84 Å². The van der Waals surface area contributed by atoms with Crippen molar-refractivity contribution in [2.75, 3.05) is 32.3 Å². The SMILES string of the molecule is CCNC(=NCc1ccc(OC)c(OCC)c1)NC(C)CCS(C)(=O)=O.I. The Bertz CT molecular complexity index is 696. The zero-order valence-electron chi connectivity index (χ0n) is 16.7. The number of aliphatic imine (C=N–C) groups is 1. The lowest BCUT2D eigenvalue weighted by Gasteiger charge is -2.17. The first-order valence-electron chi connectivity index (χ1n) is 8.81. The fourth-order valence-corrected chi connectivity index (χ4v) is 3.06. The second-order valence-corrected chi connectivity index (χ2v) is 8.34. The van der Waals surface area contributed by atoms with Gasteiger partial charge in [-0.05, 0) is 44.9 Å². The molecule has 0 fully saturated rings. The Labute approximate surface area is 180 Å². The van der Waals surface area contributed by atoms with Crippen molar-refractivity contribution >= 4 is 39.8 Å². The van der Waals surface area contributed by atoms with E-state index in [2.05, 4.69) is 15.6 Å². The number of nitrogens with one attached hydrogen (secondary N) is 2. The molecule has 1 rings (SSSR count). The monoisotopic (exact) mass is 513 g/mol. The molecule has 0 spiro atoms. The van der Waals surface area contributed by atoms with E-state index >= 15 is 0 Å². The number of guanidine groups is 1. The normalized spacial score (nSPS) is 12.7. The van der Waals surface area contributed by atoms with Crippen LogP contribution in [0.5, 0.6) is 11.5 Å². The third-order valence-electron chi connectivity index (χ3n) is 3.60. The van der Waals surface area contributed by atoms with Crippen LogP contribution in [0.25, 0.3) is 0 Å². The van der Waals surface area contributed by atoms with E-state index in [4.69, 9.17) is 9.47 Å². The summed E-state index contributed by atoms with van der Waals surface area (Å²) in [4.78, 5) is 4.57. The predicted molar refractivity (Wildman–Crippen MR) is 121 cm³/mol. The molecule has 27 heavy (non-hydrogen) atoms. The summed E-state index contributed by atoms with van der Waals surface area (Å²) < 4.78 is 33.5. The van der Waals surface area contributed by atoms with Crippen molar-refractivity contribution in [3.05, 3.63) is 23.8 Å². The van der Waals surface area contributed by atoms with Gasteiger partial charge in [0.25, 0.3) is 0 Å². The van der Waals surface area contributed by atoms with Gasteiger partial charge in [0.2, 0.25) is 0 Å². The molecule has 0 amide bonds. The lowest BCUT2D eigenvalue weighted by Crippen LogP contribution is -2.42. The number of nitrogens with zero attached hydrogens (tertiary/aromatic N) is 1. The lowest BCUT2D eigenvalue weighted by molar-refractivity contribution is 0.310. The van der Waals surface area contributed by atoms with Crippen LogP contribution < -0.4 is 20.1 Å². The van der Waals surface area contributed by atoms with E-state index in [9.17, 15) is 8.42 Å². The lowest BCUT2D eigenvalue weighted by atomic mass is 10.2. The molecular weight excluding hydrogens is 481 g/mol. The molecule has 1 aromatic rings. The number of hydrogen-bond donors (Lipinski definition) is 2. The molecule has 2 N–H and O–H groups in total. The van der Waals surface area contributed by atoms with Crippen LogP contribution in [-0.2, 0) is 16.4 Å². The van der Waals surface area contributed by atoms with Crippen LogP contribution in [0, 0.1) is 0 Å². The van der Waals surface area contributed by atoms with Gasteiger partial charge in [-0.1, -0.05) is 6.07 Å². The van der Waals surface area contributed by atoms with E-state index in [1.165, 1.54) is 6.26 Å². The zero-order valence-corrected chi connectivity index (χ0v) is 19.9. The van der Waals surface area contributed by atoms with Gasteiger partial charge in [0, 0.05) is 18.8 Å². The van der Waals surface area contributed by atoms with Crippen LogP contribution in [-0.4, -0.2) is 52.7 Å². The molecular formula is C18H32IN3O4S. The van der Waals surface area contributed by atoms with E-state index in [0.29, 0.717) is 37.0 Å². The Hall–Kier alpha value is -1.23. The largest absolute Gasteiger partial charge is 0.493 e. The van der Waals surface area contributed by atoms with E-state index in [1.54, 1.807) is 7.11 Å². The molecule has 0 aliphatic heterocycles. The van der Waals surface area contributed by atoms with Gasteiger partial charge in [-0.3, -0.25) is 0 Å². The third-order valence-corrected chi connectivity index (χ3v) is 4.57. The first-order chi connectivity index (χ1) is 12.3. The molecule has 7 nitrogen and oxygen atoms in total. The van der Waals surface area contributed by atoms with Crippen molar-refractivity contribution in [2.45, 2.75) is 39.8 Å². The maximum Gasteiger partial charge on any atom is 0.191 e. The van der Waals surface area contributed by atoms with Crippen LogP contribution in [0.1, 0.15) is 32.8 Å². The summed E-state index contributed by atoms with van der Waals surface area (Å²) in [5, 5.41) is 6.42. The Morgan fingerprint density at radius 1 is 1.26 bits per heavy atom. The average molecular weight is 513 g/mol. The molecule has 0 aliphatic carbocycles. The smallest absolute Gasteiger partial charge is 0.191 e. The maximum absolute atomic E-state index is 11.3. The number of ether oxygens (including phenoxy) is 2. The molecule has 0 aromatic heterocycles.